The fraction of sp³-hybridized carbons (Fsp3) is 0. The van der Waals surface area contributed by atoms with Gasteiger partial charge in [0.15, 0.2) is 0 Å². The molecule has 2 rings (SSSR count). The highest BCUT2D eigenvalue weighted by Gasteiger charge is 2.05. The average Bonchev–Trinajstić information content (AvgIpc) is 2.19. The lowest BCUT2D eigenvalue weighted by molar-refractivity contribution is 0.584. The quantitative estimate of drug-likeness (QED) is 0.580. The van der Waals surface area contributed by atoms with Gasteiger partial charge in [-0.25, -0.2) is 4.98 Å². The van der Waals surface area contributed by atoms with Crippen molar-refractivity contribution in [2.24, 2.45) is 0 Å². The minimum Gasteiger partial charge on any atom is -0.213 e. The van der Waals surface area contributed by atoms with Crippen LogP contribution in [0.4, 0.5) is 4.39 Å². The van der Waals surface area contributed by atoms with Crippen LogP contribution in [0, 0.1) is 9.65 Å². The molecule has 1 heterocycles. The van der Waals surface area contributed by atoms with Crippen molar-refractivity contribution in [1.82, 2.24) is 4.98 Å². The summed E-state index contributed by atoms with van der Waals surface area (Å²) in [7, 11) is 0. The average molecular weight is 299 g/mol. The molecule has 3 heteroatoms. The van der Waals surface area contributed by atoms with Crippen molar-refractivity contribution in [3.05, 3.63) is 52.1 Å². The Balaban J connectivity index is 2.53. The second-order valence-corrected chi connectivity index (χ2v) is 3.94. The maximum Gasteiger partial charge on any atom is 0.221 e. The van der Waals surface area contributed by atoms with Gasteiger partial charge in [-0.3, -0.25) is 0 Å². The molecule has 1 nitrogen and oxygen atoms in total. The molecule has 1 aromatic heterocycles. The van der Waals surface area contributed by atoms with E-state index in [0.717, 1.165) is 5.56 Å². The summed E-state index contributed by atoms with van der Waals surface area (Å²) >= 11 is 1.99. The van der Waals surface area contributed by atoms with Crippen LogP contribution in [0.3, 0.4) is 0 Å². The maximum atomic E-state index is 13.4. The highest BCUT2D eigenvalue weighted by molar-refractivity contribution is 14.1. The zero-order valence-electron chi connectivity index (χ0n) is 7.24. The Morgan fingerprint density at radius 2 is 1.71 bits per heavy atom. The molecule has 2 aromatic rings. The van der Waals surface area contributed by atoms with Crippen LogP contribution in [0.1, 0.15) is 0 Å². The monoisotopic (exact) mass is 299 g/mol. The highest BCUT2D eigenvalue weighted by Crippen LogP contribution is 2.21. The number of hydrogen-bond donors (Lipinski definition) is 0. The molecule has 0 N–H and O–H groups in total. The largest absolute Gasteiger partial charge is 0.221 e. The van der Waals surface area contributed by atoms with E-state index >= 15 is 0 Å². The number of nitrogens with zero attached hydrogens (tertiary/aromatic N) is 1. The first-order valence-corrected chi connectivity index (χ1v) is 5.23. The molecule has 0 spiro atoms. The standard InChI is InChI=1S/C11H7FIN/c12-11-9(6-7-10(13)14-11)8-4-2-1-3-5-8/h1-7H. The summed E-state index contributed by atoms with van der Waals surface area (Å²) in [5.74, 6) is -0.414. The second kappa shape index (κ2) is 4.04. The van der Waals surface area contributed by atoms with Gasteiger partial charge in [0.05, 0.1) is 0 Å². The molecule has 0 saturated carbocycles. The Morgan fingerprint density at radius 1 is 1.00 bits per heavy atom. The minimum atomic E-state index is -0.414. The van der Waals surface area contributed by atoms with Gasteiger partial charge >= 0.3 is 0 Å². The zero-order valence-corrected chi connectivity index (χ0v) is 9.40. The van der Waals surface area contributed by atoms with Gasteiger partial charge < -0.3 is 0 Å². The molecule has 1 aromatic carbocycles. The van der Waals surface area contributed by atoms with Gasteiger partial charge in [0, 0.05) is 5.56 Å². The molecule has 0 unspecified atom stereocenters. The van der Waals surface area contributed by atoms with Crippen molar-refractivity contribution in [1.29, 1.82) is 0 Å². The first kappa shape index (κ1) is 9.58. The predicted octanol–water partition coefficient (Wildman–Crippen LogP) is 3.49. The van der Waals surface area contributed by atoms with E-state index < -0.39 is 5.95 Å². The van der Waals surface area contributed by atoms with Crippen molar-refractivity contribution in [2.45, 2.75) is 0 Å². The zero-order chi connectivity index (χ0) is 9.97. The van der Waals surface area contributed by atoms with Crippen LogP contribution in [-0.4, -0.2) is 4.98 Å². The summed E-state index contributed by atoms with van der Waals surface area (Å²) in [6.07, 6.45) is 0. The molecule has 0 aliphatic rings. The molecule has 14 heavy (non-hydrogen) atoms. The van der Waals surface area contributed by atoms with E-state index in [0.29, 0.717) is 9.26 Å². The first-order chi connectivity index (χ1) is 6.77. The smallest absolute Gasteiger partial charge is 0.213 e. The van der Waals surface area contributed by atoms with Crippen LogP contribution in [0.15, 0.2) is 42.5 Å². The summed E-state index contributed by atoms with van der Waals surface area (Å²) in [5, 5.41) is 0. The molecule has 0 amide bonds. The Hall–Kier alpha value is -0.970. The number of rotatable bonds is 1. The van der Waals surface area contributed by atoms with Gasteiger partial charge in [-0.15, -0.1) is 0 Å². The van der Waals surface area contributed by atoms with Gasteiger partial charge in [-0.1, -0.05) is 30.3 Å². The molecule has 0 saturated heterocycles. The van der Waals surface area contributed by atoms with Gasteiger partial charge in [0.1, 0.15) is 3.70 Å². The fourth-order valence-electron chi connectivity index (χ4n) is 1.25. The number of hydrogen-bond acceptors (Lipinski definition) is 1. The fourth-order valence-corrected chi connectivity index (χ4v) is 1.64. The molecule has 0 aliphatic carbocycles. The summed E-state index contributed by atoms with van der Waals surface area (Å²) < 4.78 is 14.1. The number of aromatic nitrogens is 1. The first-order valence-electron chi connectivity index (χ1n) is 4.15. The second-order valence-electron chi connectivity index (χ2n) is 2.84. The molecule has 0 atom stereocenters. The van der Waals surface area contributed by atoms with Crippen molar-refractivity contribution in [3.63, 3.8) is 0 Å². The lowest BCUT2D eigenvalue weighted by Gasteiger charge is -2.02. The molecule has 70 valence electrons. The van der Waals surface area contributed by atoms with E-state index in [1.807, 2.05) is 52.9 Å². The van der Waals surface area contributed by atoms with Crippen LogP contribution in [0.2, 0.25) is 0 Å². The lowest BCUT2D eigenvalue weighted by Crippen LogP contribution is -1.90. The lowest BCUT2D eigenvalue weighted by atomic mass is 10.1. The Morgan fingerprint density at radius 3 is 2.36 bits per heavy atom. The van der Waals surface area contributed by atoms with Gasteiger partial charge in [0.2, 0.25) is 5.95 Å². The third-order valence-corrected chi connectivity index (χ3v) is 2.50. The minimum absolute atomic E-state index is 0.414. The van der Waals surface area contributed by atoms with Crippen molar-refractivity contribution < 1.29 is 4.39 Å². The number of halogens is 2. The molecule has 0 radical (unpaired) electrons. The highest BCUT2D eigenvalue weighted by atomic mass is 127. The molecule has 0 aliphatic heterocycles. The summed E-state index contributed by atoms with van der Waals surface area (Å²) in [4.78, 5) is 3.77. The summed E-state index contributed by atoms with van der Waals surface area (Å²) in [6, 6.07) is 13.0. The van der Waals surface area contributed by atoms with Crippen LogP contribution in [0.5, 0.6) is 0 Å². The molecule has 0 bridgehead atoms. The SMILES string of the molecule is Fc1nc(I)ccc1-c1ccccc1. The van der Waals surface area contributed by atoms with Gasteiger partial charge in [-0.2, -0.15) is 4.39 Å². The summed E-state index contributed by atoms with van der Waals surface area (Å²) in [5.41, 5.74) is 1.40. The third-order valence-electron chi connectivity index (χ3n) is 1.90. The van der Waals surface area contributed by atoms with Gasteiger partial charge in [0.25, 0.3) is 0 Å². The van der Waals surface area contributed by atoms with Crippen molar-refractivity contribution >= 4 is 22.6 Å². The van der Waals surface area contributed by atoms with Crippen LogP contribution in [-0.2, 0) is 0 Å². The van der Waals surface area contributed by atoms with Crippen LogP contribution < -0.4 is 0 Å². The van der Waals surface area contributed by atoms with E-state index in [9.17, 15) is 4.39 Å². The van der Waals surface area contributed by atoms with E-state index in [1.54, 1.807) is 12.1 Å². The van der Waals surface area contributed by atoms with E-state index in [2.05, 4.69) is 4.98 Å². The predicted molar refractivity (Wildman–Crippen MR) is 62.3 cm³/mol. The number of benzene rings is 1. The van der Waals surface area contributed by atoms with Gasteiger partial charge in [-0.05, 0) is 40.3 Å². The van der Waals surface area contributed by atoms with Crippen molar-refractivity contribution in [3.8, 4) is 11.1 Å². The molecule has 0 fully saturated rings. The van der Waals surface area contributed by atoms with Crippen LogP contribution in [0.25, 0.3) is 11.1 Å². The topological polar surface area (TPSA) is 12.9 Å². The number of pyridine rings is 1. The van der Waals surface area contributed by atoms with E-state index in [1.165, 1.54) is 0 Å². The van der Waals surface area contributed by atoms with Crippen molar-refractivity contribution in [2.75, 3.05) is 0 Å². The van der Waals surface area contributed by atoms with E-state index in [-0.39, 0.29) is 0 Å². The van der Waals surface area contributed by atoms with E-state index in [4.69, 9.17) is 0 Å². The molecular formula is C11H7FIN. The Bertz CT molecular complexity index is 442. The third kappa shape index (κ3) is 1.92. The molecular weight excluding hydrogens is 292 g/mol. The normalized spacial score (nSPS) is 10.1. The van der Waals surface area contributed by atoms with Crippen LogP contribution >= 0.6 is 22.6 Å². The summed E-state index contributed by atoms with van der Waals surface area (Å²) in [6.45, 7) is 0. The Kier molecular flexibility index (Phi) is 2.77. The maximum absolute atomic E-state index is 13.4. The Labute approximate surface area is 95.1 Å².